The molecule has 1 saturated heterocycles. The Morgan fingerprint density at radius 1 is 1.38 bits per heavy atom. The molecule has 1 heterocycles. The first-order chi connectivity index (χ1) is 9.99. The highest BCUT2D eigenvalue weighted by molar-refractivity contribution is 5.84. The standard InChI is InChI=1S/C16H21NO4/c1-11-5-6-14(12(2)10-11)21-9-7-15(18)17-8-3-4-13(17)16(19)20/h5-6,10,13H,3-4,7-9H2,1-2H3,(H,19,20)/t13-/m1/s1. The Labute approximate surface area is 124 Å². The van der Waals surface area contributed by atoms with E-state index < -0.39 is 12.0 Å². The van der Waals surface area contributed by atoms with Crippen LogP contribution in [0.4, 0.5) is 0 Å². The minimum absolute atomic E-state index is 0.148. The number of benzene rings is 1. The Bertz CT molecular complexity index is 541. The first-order valence-electron chi connectivity index (χ1n) is 7.21. The Morgan fingerprint density at radius 2 is 2.14 bits per heavy atom. The van der Waals surface area contributed by atoms with Crippen molar-refractivity contribution >= 4 is 11.9 Å². The van der Waals surface area contributed by atoms with Gasteiger partial charge in [-0.05, 0) is 38.3 Å². The summed E-state index contributed by atoms with van der Waals surface area (Å²) in [6.07, 6.45) is 1.50. The van der Waals surface area contributed by atoms with Gasteiger partial charge in [0.25, 0.3) is 0 Å². The van der Waals surface area contributed by atoms with Crippen LogP contribution in [-0.2, 0) is 9.59 Å². The molecular formula is C16H21NO4. The fourth-order valence-electron chi connectivity index (χ4n) is 2.68. The van der Waals surface area contributed by atoms with Crippen molar-refractivity contribution in [3.8, 4) is 5.75 Å². The molecule has 0 unspecified atom stereocenters. The number of aliphatic carboxylic acids is 1. The summed E-state index contributed by atoms with van der Waals surface area (Å²) in [6.45, 7) is 4.77. The zero-order chi connectivity index (χ0) is 15.4. The first kappa shape index (κ1) is 15.4. The average molecular weight is 291 g/mol. The summed E-state index contributed by atoms with van der Waals surface area (Å²) in [5.74, 6) is -0.301. The molecule has 1 aliphatic heterocycles. The van der Waals surface area contributed by atoms with E-state index in [0.717, 1.165) is 23.3 Å². The third kappa shape index (κ3) is 3.74. The van der Waals surface area contributed by atoms with Gasteiger partial charge in [-0.15, -0.1) is 0 Å². The largest absolute Gasteiger partial charge is 0.493 e. The molecule has 0 aliphatic carbocycles. The third-order valence-electron chi connectivity index (χ3n) is 3.76. The van der Waals surface area contributed by atoms with E-state index in [4.69, 9.17) is 9.84 Å². The van der Waals surface area contributed by atoms with Gasteiger partial charge in [-0.3, -0.25) is 4.79 Å². The number of aryl methyl sites for hydroxylation is 2. The van der Waals surface area contributed by atoms with Crippen LogP contribution in [-0.4, -0.2) is 41.1 Å². The summed E-state index contributed by atoms with van der Waals surface area (Å²) in [6, 6.07) is 5.22. The molecule has 0 bridgehead atoms. The molecule has 1 amide bonds. The molecule has 1 aliphatic rings. The smallest absolute Gasteiger partial charge is 0.326 e. The summed E-state index contributed by atoms with van der Waals surface area (Å²) in [7, 11) is 0. The van der Waals surface area contributed by atoms with E-state index >= 15 is 0 Å². The molecule has 2 rings (SSSR count). The summed E-state index contributed by atoms with van der Waals surface area (Å²) >= 11 is 0. The van der Waals surface area contributed by atoms with Gasteiger partial charge in [0.15, 0.2) is 0 Å². The van der Waals surface area contributed by atoms with Gasteiger partial charge in [0.1, 0.15) is 11.8 Å². The summed E-state index contributed by atoms with van der Waals surface area (Å²) < 4.78 is 5.62. The Morgan fingerprint density at radius 3 is 2.81 bits per heavy atom. The molecule has 0 radical (unpaired) electrons. The summed E-state index contributed by atoms with van der Waals surface area (Å²) in [5, 5.41) is 9.07. The van der Waals surface area contributed by atoms with Crippen LogP contribution in [0, 0.1) is 13.8 Å². The van der Waals surface area contributed by atoms with Crippen LogP contribution in [0.1, 0.15) is 30.4 Å². The number of hydrogen-bond acceptors (Lipinski definition) is 3. The van der Waals surface area contributed by atoms with Crippen LogP contribution in [0.3, 0.4) is 0 Å². The van der Waals surface area contributed by atoms with Crippen LogP contribution in [0.2, 0.25) is 0 Å². The fraction of sp³-hybridized carbons (Fsp3) is 0.500. The van der Waals surface area contributed by atoms with Crippen molar-refractivity contribution in [3.63, 3.8) is 0 Å². The van der Waals surface area contributed by atoms with E-state index in [0.29, 0.717) is 13.0 Å². The number of nitrogens with zero attached hydrogens (tertiary/aromatic N) is 1. The molecule has 1 aromatic rings. The molecule has 1 atom stereocenters. The van der Waals surface area contributed by atoms with Crippen LogP contribution < -0.4 is 4.74 Å². The predicted molar refractivity (Wildman–Crippen MR) is 78.4 cm³/mol. The van der Waals surface area contributed by atoms with Gasteiger partial charge in [-0.25, -0.2) is 4.79 Å². The lowest BCUT2D eigenvalue weighted by molar-refractivity contribution is -0.148. The van der Waals surface area contributed by atoms with E-state index in [1.54, 1.807) is 0 Å². The summed E-state index contributed by atoms with van der Waals surface area (Å²) in [4.78, 5) is 24.6. The molecule has 0 spiro atoms. The number of carbonyl (C=O) groups is 2. The van der Waals surface area contributed by atoms with Gasteiger partial charge >= 0.3 is 5.97 Å². The number of carbonyl (C=O) groups excluding carboxylic acids is 1. The van der Waals surface area contributed by atoms with Crippen molar-refractivity contribution in [3.05, 3.63) is 29.3 Å². The lowest BCUT2D eigenvalue weighted by Gasteiger charge is -2.21. The van der Waals surface area contributed by atoms with E-state index in [1.165, 1.54) is 4.90 Å². The molecule has 114 valence electrons. The first-order valence-corrected chi connectivity index (χ1v) is 7.21. The molecule has 0 saturated carbocycles. The van der Waals surface area contributed by atoms with Gasteiger partial charge in [0.2, 0.25) is 5.91 Å². The lowest BCUT2D eigenvalue weighted by atomic mass is 10.1. The number of carboxylic acids is 1. The molecule has 1 aromatic carbocycles. The van der Waals surface area contributed by atoms with Gasteiger partial charge in [0, 0.05) is 6.54 Å². The number of ether oxygens (including phenoxy) is 1. The minimum atomic E-state index is -0.920. The van der Waals surface area contributed by atoms with Crippen LogP contribution in [0.25, 0.3) is 0 Å². The van der Waals surface area contributed by atoms with Crippen LogP contribution >= 0.6 is 0 Å². The van der Waals surface area contributed by atoms with Crippen molar-refractivity contribution in [2.45, 2.75) is 39.2 Å². The van der Waals surface area contributed by atoms with Crippen LogP contribution in [0.5, 0.6) is 5.75 Å². The molecule has 21 heavy (non-hydrogen) atoms. The Hall–Kier alpha value is -2.04. The number of rotatable bonds is 5. The Balaban J connectivity index is 1.85. The van der Waals surface area contributed by atoms with Gasteiger partial charge in [-0.2, -0.15) is 0 Å². The number of carboxylic acid groups (broad SMARTS) is 1. The van der Waals surface area contributed by atoms with E-state index in [-0.39, 0.29) is 18.9 Å². The maximum atomic E-state index is 12.1. The second-order valence-electron chi connectivity index (χ2n) is 5.45. The monoisotopic (exact) mass is 291 g/mol. The second kappa shape index (κ2) is 6.61. The molecule has 1 fully saturated rings. The lowest BCUT2D eigenvalue weighted by Crippen LogP contribution is -2.40. The molecule has 5 nitrogen and oxygen atoms in total. The second-order valence-corrected chi connectivity index (χ2v) is 5.45. The van der Waals surface area contributed by atoms with Gasteiger partial charge in [0.05, 0.1) is 13.0 Å². The molecule has 5 heteroatoms. The van der Waals surface area contributed by atoms with Crippen molar-refractivity contribution in [2.75, 3.05) is 13.2 Å². The summed E-state index contributed by atoms with van der Waals surface area (Å²) in [5.41, 5.74) is 2.20. The topological polar surface area (TPSA) is 66.8 Å². The highest BCUT2D eigenvalue weighted by atomic mass is 16.5. The van der Waals surface area contributed by atoms with Crippen molar-refractivity contribution in [1.82, 2.24) is 4.90 Å². The highest BCUT2D eigenvalue weighted by Gasteiger charge is 2.33. The zero-order valence-electron chi connectivity index (χ0n) is 12.5. The van der Waals surface area contributed by atoms with E-state index in [1.807, 2.05) is 32.0 Å². The SMILES string of the molecule is Cc1ccc(OCCC(=O)N2CCC[C@@H]2C(=O)O)c(C)c1. The van der Waals surface area contributed by atoms with E-state index in [9.17, 15) is 9.59 Å². The van der Waals surface area contributed by atoms with Crippen molar-refractivity contribution in [2.24, 2.45) is 0 Å². The quantitative estimate of drug-likeness (QED) is 0.902. The van der Waals surface area contributed by atoms with Crippen molar-refractivity contribution in [1.29, 1.82) is 0 Å². The maximum Gasteiger partial charge on any atom is 0.326 e. The fourth-order valence-corrected chi connectivity index (χ4v) is 2.68. The molecule has 0 aromatic heterocycles. The maximum absolute atomic E-state index is 12.1. The highest BCUT2D eigenvalue weighted by Crippen LogP contribution is 2.20. The average Bonchev–Trinajstić information content (AvgIpc) is 2.90. The van der Waals surface area contributed by atoms with Crippen LogP contribution in [0.15, 0.2) is 18.2 Å². The molecular weight excluding hydrogens is 270 g/mol. The third-order valence-corrected chi connectivity index (χ3v) is 3.76. The normalized spacial score (nSPS) is 17.8. The number of likely N-dealkylation sites (tertiary alicyclic amines) is 1. The Kier molecular flexibility index (Phi) is 4.83. The number of hydrogen-bond donors (Lipinski definition) is 1. The van der Waals surface area contributed by atoms with E-state index in [2.05, 4.69) is 0 Å². The minimum Gasteiger partial charge on any atom is -0.493 e. The molecule has 1 N–H and O–H groups in total. The predicted octanol–water partition coefficient (Wildman–Crippen LogP) is 2.15. The van der Waals surface area contributed by atoms with Gasteiger partial charge < -0.3 is 14.7 Å². The zero-order valence-corrected chi connectivity index (χ0v) is 12.5. The number of amides is 1. The van der Waals surface area contributed by atoms with Crippen molar-refractivity contribution < 1.29 is 19.4 Å². The van der Waals surface area contributed by atoms with Gasteiger partial charge in [-0.1, -0.05) is 17.7 Å².